The molecule has 0 amide bonds. The highest BCUT2D eigenvalue weighted by Gasteiger charge is 2.35. The summed E-state index contributed by atoms with van der Waals surface area (Å²) < 4.78 is 64.3. The van der Waals surface area contributed by atoms with E-state index < -0.39 is 35.8 Å². The number of nitrogens with zero attached hydrogens (tertiary/aromatic N) is 1. The van der Waals surface area contributed by atoms with E-state index >= 15 is 0 Å². The number of carboxylic acids is 1. The van der Waals surface area contributed by atoms with Crippen molar-refractivity contribution in [3.8, 4) is 5.75 Å². The van der Waals surface area contributed by atoms with Gasteiger partial charge in [0.2, 0.25) is 0 Å². The quantitative estimate of drug-likeness (QED) is 0.495. The number of halogens is 6. The number of rotatable bonds is 3. The van der Waals surface area contributed by atoms with E-state index in [4.69, 9.17) is 5.11 Å². The molecule has 0 radical (unpaired) electrons. The standard InChI is InChI=1S/C8H3F5INO3/c9-6(10)5-4(7(16)17)2(1-3(14)15-5)18-8(11,12)13/h1,6H,(H,16,17). The zero-order valence-corrected chi connectivity index (χ0v) is 10.3. The van der Waals surface area contributed by atoms with Crippen molar-refractivity contribution in [3.05, 3.63) is 21.0 Å². The normalized spacial score (nSPS) is 11.7. The van der Waals surface area contributed by atoms with Gasteiger partial charge < -0.3 is 9.84 Å². The zero-order valence-electron chi connectivity index (χ0n) is 8.13. The number of carbonyl (C=O) groups is 1. The fourth-order valence-corrected chi connectivity index (χ4v) is 1.63. The SMILES string of the molecule is O=C(O)c1c(OC(F)(F)F)cc(I)nc1C(F)F. The van der Waals surface area contributed by atoms with E-state index in [-0.39, 0.29) is 3.70 Å². The first-order valence-corrected chi connectivity index (χ1v) is 5.17. The summed E-state index contributed by atoms with van der Waals surface area (Å²) in [6, 6.07) is 0.614. The lowest BCUT2D eigenvalue weighted by Gasteiger charge is -2.13. The summed E-state index contributed by atoms with van der Waals surface area (Å²) in [5.41, 5.74) is -2.57. The van der Waals surface area contributed by atoms with Crippen molar-refractivity contribution in [2.45, 2.75) is 12.8 Å². The molecule has 0 unspecified atom stereocenters. The molecule has 18 heavy (non-hydrogen) atoms. The summed E-state index contributed by atoms with van der Waals surface area (Å²) in [4.78, 5) is 13.9. The molecule has 100 valence electrons. The molecular weight excluding hydrogens is 380 g/mol. The van der Waals surface area contributed by atoms with Crippen LogP contribution >= 0.6 is 22.6 Å². The van der Waals surface area contributed by atoms with Crippen LogP contribution in [0.3, 0.4) is 0 Å². The van der Waals surface area contributed by atoms with Crippen molar-refractivity contribution in [2.75, 3.05) is 0 Å². The monoisotopic (exact) mass is 383 g/mol. The molecule has 0 aliphatic rings. The van der Waals surface area contributed by atoms with Gasteiger partial charge in [0, 0.05) is 6.07 Å². The van der Waals surface area contributed by atoms with Crippen LogP contribution in [-0.2, 0) is 0 Å². The Morgan fingerprint density at radius 2 is 2.00 bits per heavy atom. The first kappa shape index (κ1) is 14.9. The Balaban J connectivity index is 3.44. The minimum absolute atomic E-state index is 0.243. The minimum atomic E-state index is -5.19. The first-order chi connectivity index (χ1) is 8.11. The molecule has 1 aromatic rings. The molecule has 0 aliphatic heterocycles. The van der Waals surface area contributed by atoms with Gasteiger partial charge in [-0.2, -0.15) is 0 Å². The van der Waals surface area contributed by atoms with E-state index in [0.717, 1.165) is 0 Å². The van der Waals surface area contributed by atoms with Gasteiger partial charge in [-0.1, -0.05) is 0 Å². The van der Waals surface area contributed by atoms with Gasteiger partial charge in [-0.15, -0.1) is 13.2 Å². The topological polar surface area (TPSA) is 59.4 Å². The Morgan fingerprint density at radius 1 is 1.44 bits per heavy atom. The molecule has 0 spiro atoms. The number of pyridine rings is 1. The van der Waals surface area contributed by atoms with Gasteiger partial charge in [0.25, 0.3) is 6.43 Å². The van der Waals surface area contributed by atoms with E-state index in [1.807, 2.05) is 0 Å². The van der Waals surface area contributed by atoms with Crippen LogP contribution in [0.25, 0.3) is 0 Å². The third kappa shape index (κ3) is 3.65. The number of ether oxygens (including phenoxy) is 1. The molecule has 1 heterocycles. The van der Waals surface area contributed by atoms with E-state index in [9.17, 15) is 26.7 Å². The van der Waals surface area contributed by atoms with Gasteiger partial charge in [0.1, 0.15) is 20.7 Å². The van der Waals surface area contributed by atoms with Crippen LogP contribution in [0.4, 0.5) is 22.0 Å². The molecule has 0 saturated heterocycles. The van der Waals surface area contributed by atoms with E-state index in [2.05, 4.69) is 9.72 Å². The molecule has 0 aromatic carbocycles. The molecule has 4 nitrogen and oxygen atoms in total. The van der Waals surface area contributed by atoms with Crippen LogP contribution in [-0.4, -0.2) is 22.4 Å². The van der Waals surface area contributed by atoms with E-state index in [1.54, 1.807) is 0 Å². The lowest BCUT2D eigenvalue weighted by atomic mass is 10.2. The largest absolute Gasteiger partial charge is 0.573 e. The van der Waals surface area contributed by atoms with Gasteiger partial charge in [-0.3, -0.25) is 0 Å². The number of aromatic nitrogens is 1. The van der Waals surface area contributed by atoms with Crippen molar-refractivity contribution in [2.24, 2.45) is 0 Å². The Morgan fingerprint density at radius 3 is 2.39 bits per heavy atom. The van der Waals surface area contributed by atoms with E-state index in [1.165, 1.54) is 22.6 Å². The van der Waals surface area contributed by atoms with Gasteiger partial charge in [-0.25, -0.2) is 18.6 Å². The molecule has 10 heteroatoms. The summed E-state index contributed by atoms with van der Waals surface area (Å²) >= 11 is 1.37. The lowest BCUT2D eigenvalue weighted by molar-refractivity contribution is -0.274. The van der Waals surface area contributed by atoms with Crippen molar-refractivity contribution >= 4 is 28.6 Å². The predicted octanol–water partition coefficient (Wildman–Crippen LogP) is 3.22. The smallest absolute Gasteiger partial charge is 0.477 e. The number of hydrogen-bond donors (Lipinski definition) is 1. The molecule has 1 N–H and O–H groups in total. The second kappa shape index (κ2) is 5.20. The van der Waals surface area contributed by atoms with Crippen LogP contribution in [0.5, 0.6) is 5.75 Å². The second-order valence-electron chi connectivity index (χ2n) is 2.86. The van der Waals surface area contributed by atoms with Gasteiger partial charge >= 0.3 is 12.3 Å². The third-order valence-electron chi connectivity index (χ3n) is 1.63. The lowest BCUT2D eigenvalue weighted by Crippen LogP contribution is -2.20. The minimum Gasteiger partial charge on any atom is -0.477 e. The summed E-state index contributed by atoms with van der Waals surface area (Å²) in [6.07, 6.45) is -8.52. The van der Waals surface area contributed by atoms with Crippen molar-refractivity contribution in [1.82, 2.24) is 4.98 Å². The highest BCUT2D eigenvalue weighted by atomic mass is 127. The average Bonchev–Trinajstić information content (AvgIpc) is 2.12. The van der Waals surface area contributed by atoms with Crippen LogP contribution in [0.2, 0.25) is 0 Å². The van der Waals surface area contributed by atoms with Gasteiger partial charge in [0.05, 0.1) is 0 Å². The Hall–Kier alpha value is -1.20. The summed E-state index contributed by atoms with van der Waals surface area (Å²) in [6.45, 7) is 0. The maximum Gasteiger partial charge on any atom is 0.573 e. The maximum absolute atomic E-state index is 12.5. The van der Waals surface area contributed by atoms with Crippen molar-refractivity contribution < 1.29 is 36.6 Å². The number of alkyl halides is 5. The number of carboxylic acid groups (broad SMARTS) is 1. The van der Waals surface area contributed by atoms with Gasteiger partial charge in [-0.05, 0) is 22.6 Å². The summed E-state index contributed by atoms with van der Waals surface area (Å²) in [7, 11) is 0. The average molecular weight is 383 g/mol. The molecule has 1 aromatic heterocycles. The number of aromatic carboxylic acids is 1. The summed E-state index contributed by atoms with van der Waals surface area (Å²) in [5, 5.41) is 8.66. The van der Waals surface area contributed by atoms with Crippen molar-refractivity contribution in [3.63, 3.8) is 0 Å². The summed E-state index contributed by atoms with van der Waals surface area (Å²) in [5.74, 6) is -3.20. The number of hydrogen-bond acceptors (Lipinski definition) is 3. The Bertz CT molecular complexity index is 477. The Kier molecular flexibility index (Phi) is 4.29. The highest BCUT2D eigenvalue weighted by molar-refractivity contribution is 14.1. The fourth-order valence-electron chi connectivity index (χ4n) is 1.09. The molecule has 0 saturated carbocycles. The molecule has 0 fully saturated rings. The van der Waals surface area contributed by atoms with Crippen LogP contribution in [0, 0.1) is 3.70 Å². The fraction of sp³-hybridized carbons (Fsp3) is 0.250. The van der Waals surface area contributed by atoms with Crippen LogP contribution in [0.15, 0.2) is 6.07 Å². The van der Waals surface area contributed by atoms with Crippen LogP contribution in [0.1, 0.15) is 22.5 Å². The highest BCUT2D eigenvalue weighted by Crippen LogP contribution is 2.33. The maximum atomic E-state index is 12.5. The Labute approximate surface area is 110 Å². The molecular formula is C8H3F5INO3. The second-order valence-corrected chi connectivity index (χ2v) is 3.96. The van der Waals surface area contributed by atoms with Crippen molar-refractivity contribution in [1.29, 1.82) is 0 Å². The zero-order chi connectivity index (χ0) is 14.1. The predicted molar refractivity (Wildman–Crippen MR) is 55.6 cm³/mol. The molecule has 0 aliphatic carbocycles. The van der Waals surface area contributed by atoms with Crippen LogP contribution < -0.4 is 4.74 Å². The first-order valence-electron chi connectivity index (χ1n) is 4.09. The molecule has 1 rings (SSSR count). The van der Waals surface area contributed by atoms with E-state index in [0.29, 0.717) is 6.07 Å². The van der Waals surface area contributed by atoms with Gasteiger partial charge in [0.15, 0.2) is 0 Å². The molecule has 0 bridgehead atoms. The third-order valence-corrected chi connectivity index (χ3v) is 2.18. The molecule has 0 atom stereocenters.